The molecule has 1 heterocycles. The van der Waals surface area contributed by atoms with E-state index in [0.29, 0.717) is 5.69 Å². The zero-order valence-electron chi connectivity index (χ0n) is 13.0. The van der Waals surface area contributed by atoms with Gasteiger partial charge >= 0.3 is 0 Å². The molecular formula is C19H17ClN2O. The lowest BCUT2D eigenvalue weighted by Gasteiger charge is -2.09. The molecule has 0 bridgehead atoms. The number of aromatic hydroxyl groups is 1. The minimum atomic E-state index is 0.176. The number of nitrogens with zero attached hydrogens (tertiary/aromatic N) is 2. The lowest BCUT2D eigenvalue weighted by atomic mass is 10.2. The highest BCUT2D eigenvalue weighted by molar-refractivity contribution is 6.30. The molecule has 3 aromatic rings. The summed E-state index contributed by atoms with van der Waals surface area (Å²) < 4.78 is 2.16. The van der Waals surface area contributed by atoms with Crippen LogP contribution in [0, 0.1) is 13.8 Å². The Morgan fingerprint density at radius 3 is 2.43 bits per heavy atom. The van der Waals surface area contributed by atoms with Crippen molar-refractivity contribution in [3.63, 3.8) is 0 Å². The van der Waals surface area contributed by atoms with E-state index in [2.05, 4.69) is 22.5 Å². The van der Waals surface area contributed by atoms with Crippen molar-refractivity contribution >= 4 is 23.5 Å². The predicted molar refractivity (Wildman–Crippen MR) is 95.6 cm³/mol. The molecule has 0 fully saturated rings. The Morgan fingerprint density at radius 2 is 1.74 bits per heavy atom. The average Bonchev–Trinajstić information content (AvgIpc) is 2.82. The largest absolute Gasteiger partial charge is 0.506 e. The van der Waals surface area contributed by atoms with Gasteiger partial charge in [0, 0.05) is 33.9 Å². The highest BCUT2D eigenvalue weighted by Crippen LogP contribution is 2.26. The maximum atomic E-state index is 9.79. The molecule has 3 nitrogen and oxygen atoms in total. The zero-order chi connectivity index (χ0) is 16.4. The Bertz CT molecular complexity index is 864. The molecule has 0 spiro atoms. The Kier molecular flexibility index (Phi) is 4.22. The number of benzene rings is 2. The zero-order valence-corrected chi connectivity index (χ0v) is 13.7. The second kappa shape index (κ2) is 6.31. The molecule has 0 aliphatic carbocycles. The van der Waals surface area contributed by atoms with Crippen LogP contribution in [-0.4, -0.2) is 15.9 Å². The van der Waals surface area contributed by atoms with Crippen molar-refractivity contribution in [1.82, 2.24) is 4.57 Å². The molecule has 0 saturated heterocycles. The fourth-order valence-electron chi connectivity index (χ4n) is 2.62. The minimum absolute atomic E-state index is 0.176. The fraction of sp³-hybridized carbons (Fsp3) is 0.105. The summed E-state index contributed by atoms with van der Waals surface area (Å²) in [6, 6.07) is 16.9. The first-order chi connectivity index (χ1) is 11.1. The third kappa shape index (κ3) is 3.15. The predicted octanol–water partition coefficient (Wildman–Crippen LogP) is 5.20. The van der Waals surface area contributed by atoms with E-state index in [0.717, 1.165) is 27.7 Å². The van der Waals surface area contributed by atoms with Crippen molar-refractivity contribution in [2.24, 2.45) is 4.99 Å². The van der Waals surface area contributed by atoms with E-state index in [1.807, 2.05) is 37.3 Å². The van der Waals surface area contributed by atoms with E-state index in [4.69, 9.17) is 11.6 Å². The van der Waals surface area contributed by atoms with Gasteiger partial charge in [-0.2, -0.15) is 0 Å². The molecule has 0 unspecified atom stereocenters. The van der Waals surface area contributed by atoms with Crippen LogP contribution in [0.25, 0.3) is 5.69 Å². The van der Waals surface area contributed by atoms with Gasteiger partial charge in [0.25, 0.3) is 0 Å². The second-order valence-electron chi connectivity index (χ2n) is 5.39. The van der Waals surface area contributed by atoms with Gasteiger partial charge in [0.1, 0.15) is 11.4 Å². The van der Waals surface area contributed by atoms with Crippen molar-refractivity contribution < 1.29 is 5.11 Å². The summed E-state index contributed by atoms with van der Waals surface area (Å²) in [5, 5.41) is 10.5. The lowest BCUT2D eigenvalue weighted by molar-refractivity contribution is 0.477. The highest BCUT2D eigenvalue weighted by Gasteiger charge is 2.09. The number of aryl methyl sites for hydroxylation is 1. The molecule has 0 radical (unpaired) electrons. The van der Waals surface area contributed by atoms with E-state index < -0.39 is 0 Å². The maximum Gasteiger partial charge on any atom is 0.141 e. The van der Waals surface area contributed by atoms with Crippen LogP contribution in [0.2, 0.25) is 5.02 Å². The van der Waals surface area contributed by atoms with Crippen LogP contribution in [0.15, 0.2) is 59.6 Å². The second-order valence-corrected chi connectivity index (χ2v) is 5.82. The molecule has 0 saturated carbocycles. The summed E-state index contributed by atoms with van der Waals surface area (Å²) >= 11 is 5.96. The Balaban J connectivity index is 1.98. The fourth-order valence-corrected chi connectivity index (χ4v) is 2.74. The number of phenolic OH excluding ortho intramolecular Hbond substituents is 1. The molecule has 0 aliphatic heterocycles. The quantitative estimate of drug-likeness (QED) is 0.660. The maximum absolute atomic E-state index is 9.79. The van der Waals surface area contributed by atoms with Crippen molar-refractivity contribution in [2.45, 2.75) is 13.8 Å². The number of hydrogen-bond donors (Lipinski definition) is 1. The number of halogens is 1. The highest BCUT2D eigenvalue weighted by atomic mass is 35.5. The summed E-state index contributed by atoms with van der Waals surface area (Å²) in [5.74, 6) is 0.176. The van der Waals surface area contributed by atoms with Crippen molar-refractivity contribution in [2.75, 3.05) is 0 Å². The minimum Gasteiger partial charge on any atom is -0.506 e. The molecule has 4 heteroatoms. The summed E-state index contributed by atoms with van der Waals surface area (Å²) in [6.45, 7) is 4.10. The summed E-state index contributed by atoms with van der Waals surface area (Å²) in [7, 11) is 0. The van der Waals surface area contributed by atoms with Crippen molar-refractivity contribution in [1.29, 1.82) is 0 Å². The van der Waals surface area contributed by atoms with Crippen LogP contribution < -0.4 is 0 Å². The van der Waals surface area contributed by atoms with Gasteiger partial charge in [0.15, 0.2) is 0 Å². The third-order valence-electron chi connectivity index (χ3n) is 3.78. The molecule has 2 aromatic carbocycles. The first-order valence-corrected chi connectivity index (χ1v) is 7.71. The molecule has 1 aromatic heterocycles. The standard InChI is InChI=1S/C19H17ClN2O/c1-13-11-15(12-21-18-5-3-4-6-19(18)23)14(2)22(13)17-9-7-16(20)8-10-17/h3-12,23H,1-2H3. The van der Waals surface area contributed by atoms with Gasteiger partial charge in [-0.3, -0.25) is 4.99 Å². The van der Waals surface area contributed by atoms with E-state index in [1.165, 1.54) is 0 Å². The topological polar surface area (TPSA) is 37.5 Å². The molecule has 23 heavy (non-hydrogen) atoms. The number of para-hydroxylation sites is 2. The molecule has 0 amide bonds. The molecule has 3 rings (SSSR count). The number of phenols is 1. The SMILES string of the molecule is Cc1cc(C=Nc2ccccc2O)c(C)n1-c1ccc(Cl)cc1. The normalized spacial score (nSPS) is 11.3. The number of aliphatic imine (C=N–C) groups is 1. The van der Waals surface area contributed by atoms with Crippen LogP contribution in [0.5, 0.6) is 5.75 Å². The molecule has 0 atom stereocenters. The van der Waals surface area contributed by atoms with Gasteiger partial charge in [-0.15, -0.1) is 0 Å². The van der Waals surface area contributed by atoms with Gasteiger partial charge in [-0.25, -0.2) is 0 Å². The van der Waals surface area contributed by atoms with Gasteiger partial charge in [0.2, 0.25) is 0 Å². The smallest absolute Gasteiger partial charge is 0.141 e. The lowest BCUT2D eigenvalue weighted by Crippen LogP contribution is -1.99. The molecular weight excluding hydrogens is 308 g/mol. The van der Waals surface area contributed by atoms with Crippen LogP contribution >= 0.6 is 11.6 Å². The summed E-state index contributed by atoms with van der Waals surface area (Å²) in [6.07, 6.45) is 1.78. The summed E-state index contributed by atoms with van der Waals surface area (Å²) in [4.78, 5) is 4.39. The van der Waals surface area contributed by atoms with Gasteiger partial charge in [-0.05, 0) is 56.3 Å². The molecule has 1 N–H and O–H groups in total. The molecule has 0 aliphatic rings. The number of rotatable bonds is 3. The van der Waals surface area contributed by atoms with E-state index in [1.54, 1.807) is 24.4 Å². The van der Waals surface area contributed by atoms with Gasteiger partial charge in [-0.1, -0.05) is 23.7 Å². The number of hydrogen-bond acceptors (Lipinski definition) is 2. The molecule has 116 valence electrons. The van der Waals surface area contributed by atoms with Gasteiger partial charge < -0.3 is 9.67 Å². The average molecular weight is 325 g/mol. The van der Waals surface area contributed by atoms with Crippen LogP contribution in [-0.2, 0) is 0 Å². The van der Waals surface area contributed by atoms with Crippen molar-refractivity contribution in [3.05, 3.63) is 76.6 Å². The first-order valence-electron chi connectivity index (χ1n) is 7.33. The third-order valence-corrected chi connectivity index (χ3v) is 4.03. The Labute approximate surface area is 140 Å². The summed E-state index contributed by atoms with van der Waals surface area (Å²) in [5.41, 5.74) is 4.84. The van der Waals surface area contributed by atoms with E-state index >= 15 is 0 Å². The first kappa shape index (κ1) is 15.4. The Hall–Kier alpha value is -2.52. The van der Waals surface area contributed by atoms with Gasteiger partial charge in [0.05, 0.1) is 0 Å². The van der Waals surface area contributed by atoms with Crippen LogP contribution in [0.4, 0.5) is 5.69 Å². The van der Waals surface area contributed by atoms with Crippen LogP contribution in [0.3, 0.4) is 0 Å². The van der Waals surface area contributed by atoms with Crippen molar-refractivity contribution in [3.8, 4) is 11.4 Å². The number of aromatic nitrogens is 1. The van der Waals surface area contributed by atoms with E-state index in [-0.39, 0.29) is 5.75 Å². The van der Waals surface area contributed by atoms with Crippen LogP contribution in [0.1, 0.15) is 17.0 Å². The monoisotopic (exact) mass is 324 g/mol. The Morgan fingerprint density at radius 1 is 1.04 bits per heavy atom. The van der Waals surface area contributed by atoms with E-state index in [9.17, 15) is 5.11 Å².